The Kier molecular flexibility index (Phi) is 4.10. The Morgan fingerprint density at radius 1 is 1.46 bits per heavy atom. The van der Waals surface area contributed by atoms with E-state index >= 15 is 0 Å². The quantitative estimate of drug-likeness (QED) is 0.611. The number of hydrogen-bond acceptors (Lipinski definition) is 7. The average Bonchev–Trinajstić information content (AvgIpc) is 3.07. The molecule has 1 aromatic heterocycles. The summed E-state index contributed by atoms with van der Waals surface area (Å²) in [4.78, 5) is 10.8. The molecule has 0 bridgehead atoms. The summed E-state index contributed by atoms with van der Waals surface area (Å²) >= 11 is 0. The highest BCUT2D eigenvalue weighted by Crippen LogP contribution is 2.27. The molecule has 1 fully saturated rings. The second-order valence-electron chi connectivity index (χ2n) is 5.91. The van der Waals surface area contributed by atoms with Gasteiger partial charge >= 0.3 is 0 Å². The first-order chi connectivity index (χ1) is 11.4. The summed E-state index contributed by atoms with van der Waals surface area (Å²) in [6.45, 7) is 5.53. The summed E-state index contributed by atoms with van der Waals surface area (Å²) in [5, 5.41) is 22.1. The number of amidine groups is 2. The van der Waals surface area contributed by atoms with Crippen molar-refractivity contribution in [2.24, 2.45) is 15.7 Å². The zero-order chi connectivity index (χ0) is 17.4. The number of rotatable bonds is 2. The fourth-order valence-corrected chi connectivity index (χ4v) is 2.85. The summed E-state index contributed by atoms with van der Waals surface area (Å²) < 4.78 is 1.67. The van der Waals surface area contributed by atoms with Crippen LogP contribution in [0.2, 0.25) is 0 Å². The van der Waals surface area contributed by atoms with Crippen LogP contribution < -0.4 is 11.5 Å². The molecular formula is C15H22N8O. The van der Waals surface area contributed by atoms with Crippen LogP contribution in [0.1, 0.15) is 19.0 Å². The van der Waals surface area contributed by atoms with Crippen molar-refractivity contribution in [3.8, 4) is 0 Å². The summed E-state index contributed by atoms with van der Waals surface area (Å²) in [7, 11) is 0. The minimum absolute atomic E-state index is 0.217. The van der Waals surface area contributed by atoms with E-state index in [9.17, 15) is 5.11 Å². The third kappa shape index (κ3) is 2.78. The molecule has 9 heteroatoms. The molecule has 3 heterocycles. The monoisotopic (exact) mass is 330 g/mol. The van der Waals surface area contributed by atoms with E-state index in [1.165, 1.54) is 6.08 Å². The normalized spacial score (nSPS) is 23.0. The number of dihydropyridines is 1. The number of aliphatic imine (C=N–C) groups is 2. The lowest BCUT2D eigenvalue weighted by Gasteiger charge is -2.22. The zero-order valence-electron chi connectivity index (χ0n) is 13.8. The van der Waals surface area contributed by atoms with Gasteiger partial charge in [-0.05, 0) is 26.3 Å². The average molecular weight is 330 g/mol. The predicted octanol–water partition coefficient (Wildman–Crippen LogP) is 0.165. The van der Waals surface area contributed by atoms with E-state index in [-0.39, 0.29) is 5.71 Å². The molecule has 0 aliphatic carbocycles. The van der Waals surface area contributed by atoms with Crippen molar-refractivity contribution in [1.82, 2.24) is 14.7 Å². The SMILES string of the molecule is CCn1nc(C)c(N=C2N=C(N3CCC(O)C3)C(=N)C=C2N)c1N. The highest BCUT2D eigenvalue weighted by Gasteiger charge is 2.28. The maximum Gasteiger partial charge on any atom is 0.178 e. The van der Waals surface area contributed by atoms with E-state index in [0.717, 1.165) is 0 Å². The van der Waals surface area contributed by atoms with Crippen LogP contribution >= 0.6 is 0 Å². The smallest absolute Gasteiger partial charge is 0.178 e. The van der Waals surface area contributed by atoms with E-state index in [1.807, 2.05) is 18.7 Å². The number of β-amino-alcohol motifs (C(OH)–C–C–N with tert-alkyl or cyclic N) is 1. The molecule has 1 atom stereocenters. The molecule has 0 aromatic carbocycles. The number of aliphatic hydroxyl groups excluding tert-OH is 1. The number of anilines is 1. The first kappa shape index (κ1) is 16.2. The number of aromatic nitrogens is 2. The van der Waals surface area contributed by atoms with Gasteiger partial charge in [0.2, 0.25) is 0 Å². The fourth-order valence-electron chi connectivity index (χ4n) is 2.85. The van der Waals surface area contributed by atoms with Gasteiger partial charge in [-0.15, -0.1) is 0 Å². The number of aliphatic hydroxyl groups is 1. The van der Waals surface area contributed by atoms with E-state index in [1.54, 1.807) is 4.68 Å². The van der Waals surface area contributed by atoms with Crippen LogP contribution in [0, 0.1) is 12.3 Å². The number of nitrogen functional groups attached to an aromatic ring is 1. The Bertz CT molecular complexity index is 773. The Balaban J connectivity index is 2.00. The van der Waals surface area contributed by atoms with E-state index in [0.29, 0.717) is 60.6 Å². The van der Waals surface area contributed by atoms with Crippen LogP contribution in [-0.4, -0.2) is 56.4 Å². The lowest BCUT2D eigenvalue weighted by atomic mass is 10.2. The van der Waals surface area contributed by atoms with E-state index < -0.39 is 6.10 Å². The molecule has 0 radical (unpaired) electrons. The van der Waals surface area contributed by atoms with E-state index in [4.69, 9.17) is 16.9 Å². The van der Waals surface area contributed by atoms with Gasteiger partial charge in [-0.3, -0.25) is 5.41 Å². The van der Waals surface area contributed by atoms with Crippen LogP contribution in [0.5, 0.6) is 0 Å². The van der Waals surface area contributed by atoms with Gasteiger partial charge in [-0.2, -0.15) is 5.10 Å². The minimum Gasteiger partial charge on any atom is -0.396 e. The lowest BCUT2D eigenvalue weighted by molar-refractivity contribution is 0.188. The van der Waals surface area contributed by atoms with Crippen molar-refractivity contribution in [3.63, 3.8) is 0 Å². The van der Waals surface area contributed by atoms with Gasteiger partial charge in [0.05, 0.1) is 23.2 Å². The predicted molar refractivity (Wildman–Crippen MR) is 93.8 cm³/mol. The van der Waals surface area contributed by atoms with Crippen molar-refractivity contribution in [3.05, 3.63) is 17.5 Å². The van der Waals surface area contributed by atoms with Gasteiger partial charge in [0.15, 0.2) is 11.7 Å². The van der Waals surface area contributed by atoms with Gasteiger partial charge in [0, 0.05) is 19.6 Å². The number of nitrogens with two attached hydrogens (primary N) is 2. The van der Waals surface area contributed by atoms with Crippen LogP contribution in [-0.2, 0) is 6.54 Å². The van der Waals surface area contributed by atoms with E-state index in [2.05, 4.69) is 15.1 Å². The number of likely N-dealkylation sites (tertiary alicyclic amines) is 1. The zero-order valence-corrected chi connectivity index (χ0v) is 13.8. The molecule has 128 valence electrons. The molecule has 1 saturated heterocycles. The summed E-state index contributed by atoms with van der Waals surface area (Å²) in [6, 6.07) is 0. The first-order valence-electron chi connectivity index (χ1n) is 7.90. The Morgan fingerprint density at radius 3 is 2.79 bits per heavy atom. The maximum absolute atomic E-state index is 9.71. The Labute approximate surface area is 139 Å². The molecule has 24 heavy (non-hydrogen) atoms. The van der Waals surface area contributed by atoms with Crippen LogP contribution in [0.25, 0.3) is 0 Å². The topological polar surface area (TPSA) is 142 Å². The van der Waals surface area contributed by atoms with Crippen molar-refractivity contribution < 1.29 is 5.11 Å². The number of nitrogens with zero attached hydrogens (tertiary/aromatic N) is 5. The van der Waals surface area contributed by atoms with Gasteiger partial charge in [0.25, 0.3) is 0 Å². The molecule has 0 saturated carbocycles. The molecule has 3 rings (SSSR count). The lowest BCUT2D eigenvalue weighted by Crippen LogP contribution is -2.38. The van der Waals surface area contributed by atoms with Crippen LogP contribution in [0.4, 0.5) is 11.5 Å². The number of nitrogens with one attached hydrogen (secondary N) is 1. The fraction of sp³-hybridized carbons (Fsp3) is 0.467. The third-order valence-corrected chi connectivity index (χ3v) is 4.13. The molecule has 2 aliphatic heterocycles. The molecule has 0 spiro atoms. The highest BCUT2D eigenvalue weighted by molar-refractivity contribution is 6.48. The van der Waals surface area contributed by atoms with Gasteiger partial charge in [-0.1, -0.05) is 0 Å². The van der Waals surface area contributed by atoms with Crippen molar-refractivity contribution >= 4 is 28.9 Å². The second-order valence-corrected chi connectivity index (χ2v) is 5.91. The molecule has 6 N–H and O–H groups in total. The molecule has 2 aliphatic rings. The van der Waals surface area contributed by atoms with Crippen molar-refractivity contribution in [2.45, 2.75) is 32.9 Å². The van der Waals surface area contributed by atoms with Crippen LogP contribution in [0.15, 0.2) is 21.8 Å². The second kappa shape index (κ2) is 6.08. The Hall–Kier alpha value is -2.68. The third-order valence-electron chi connectivity index (χ3n) is 4.13. The number of hydrogen-bond donors (Lipinski definition) is 4. The van der Waals surface area contributed by atoms with Gasteiger partial charge in [-0.25, -0.2) is 14.7 Å². The number of aryl methyl sites for hydroxylation is 2. The summed E-state index contributed by atoms with van der Waals surface area (Å²) in [5.74, 6) is 1.25. The van der Waals surface area contributed by atoms with Gasteiger partial charge in [0.1, 0.15) is 11.5 Å². The largest absolute Gasteiger partial charge is 0.396 e. The highest BCUT2D eigenvalue weighted by atomic mass is 16.3. The van der Waals surface area contributed by atoms with Crippen LogP contribution in [0.3, 0.4) is 0 Å². The summed E-state index contributed by atoms with van der Waals surface area (Å²) in [5.41, 5.74) is 13.8. The van der Waals surface area contributed by atoms with Crippen molar-refractivity contribution in [1.29, 1.82) is 5.41 Å². The molecule has 1 aromatic rings. The Morgan fingerprint density at radius 2 is 2.21 bits per heavy atom. The first-order valence-corrected chi connectivity index (χ1v) is 7.90. The molecule has 1 unspecified atom stereocenters. The standard InChI is InChI=1S/C15H22N8O/c1-3-23-13(18)12(8(2)21-23)19-14-10(16)6-11(17)15(20-14)22-5-4-9(24)7-22/h6,9,17,24H,3-5,7,16,18H2,1-2H3. The molecule has 0 amide bonds. The minimum atomic E-state index is -0.398. The van der Waals surface area contributed by atoms with Gasteiger partial charge < -0.3 is 21.5 Å². The molecular weight excluding hydrogens is 308 g/mol. The molecule has 9 nitrogen and oxygen atoms in total. The van der Waals surface area contributed by atoms with Crippen molar-refractivity contribution in [2.75, 3.05) is 18.8 Å². The maximum atomic E-state index is 9.71. The summed E-state index contributed by atoms with van der Waals surface area (Å²) in [6.07, 6.45) is 1.79.